The molecule has 84 valence electrons. The third-order valence-electron chi connectivity index (χ3n) is 2.16. The van der Waals surface area contributed by atoms with Gasteiger partial charge in [-0.2, -0.15) is 0 Å². The first-order valence-electron chi connectivity index (χ1n) is 4.81. The fourth-order valence-electron chi connectivity index (χ4n) is 1.35. The van der Waals surface area contributed by atoms with E-state index in [1.54, 1.807) is 6.33 Å². The Bertz CT molecular complexity index is 509. The largest absolute Gasteiger partial charge is 0.310 e. The van der Waals surface area contributed by atoms with Crippen LogP contribution in [0.3, 0.4) is 0 Å². The smallest absolute Gasteiger partial charge is 0.182 e. The second-order valence-electron chi connectivity index (χ2n) is 3.62. The molecule has 2 aromatic heterocycles. The minimum atomic E-state index is -0.541. The zero-order valence-electron chi connectivity index (χ0n) is 8.85. The summed E-state index contributed by atoms with van der Waals surface area (Å²) < 4.78 is 14.8. The Morgan fingerprint density at radius 3 is 2.75 bits per heavy atom. The van der Waals surface area contributed by atoms with Crippen LogP contribution in [0, 0.1) is 5.82 Å². The minimum Gasteiger partial charge on any atom is -0.310 e. The molecule has 0 aromatic carbocycles. The van der Waals surface area contributed by atoms with E-state index in [2.05, 4.69) is 15.2 Å². The van der Waals surface area contributed by atoms with E-state index in [4.69, 9.17) is 11.6 Å². The number of pyridine rings is 1. The fraction of sp³-hybridized carbons (Fsp3) is 0.300. The maximum atomic E-state index is 13.0. The highest BCUT2D eigenvalue weighted by molar-refractivity contribution is 6.29. The standard InChI is InChI=1S/C10H10ClFN4/c1-6(2)16-5-13-15-10(16)8-4-3-7(12)9(11)14-8/h3-6H,1-2H3. The Labute approximate surface area is 97.1 Å². The Kier molecular flexibility index (Phi) is 2.87. The van der Waals surface area contributed by atoms with Gasteiger partial charge in [-0.05, 0) is 26.0 Å². The molecule has 0 amide bonds. The van der Waals surface area contributed by atoms with Gasteiger partial charge in [0.15, 0.2) is 16.8 Å². The second kappa shape index (κ2) is 4.17. The number of rotatable bonds is 2. The molecule has 6 heteroatoms. The monoisotopic (exact) mass is 240 g/mol. The van der Waals surface area contributed by atoms with Crippen LogP contribution in [0.15, 0.2) is 18.5 Å². The van der Waals surface area contributed by atoms with Gasteiger partial charge in [-0.25, -0.2) is 9.37 Å². The summed E-state index contributed by atoms with van der Waals surface area (Å²) in [6.45, 7) is 4.00. The van der Waals surface area contributed by atoms with Crippen molar-refractivity contribution in [3.05, 3.63) is 29.4 Å². The van der Waals surface area contributed by atoms with Crippen LogP contribution in [-0.2, 0) is 0 Å². The van der Waals surface area contributed by atoms with Crippen molar-refractivity contribution in [2.24, 2.45) is 0 Å². The van der Waals surface area contributed by atoms with Crippen molar-refractivity contribution in [1.82, 2.24) is 19.7 Å². The number of hydrogen-bond donors (Lipinski definition) is 0. The molecule has 2 heterocycles. The van der Waals surface area contributed by atoms with E-state index in [9.17, 15) is 4.39 Å². The van der Waals surface area contributed by atoms with Gasteiger partial charge in [0.05, 0.1) is 0 Å². The lowest BCUT2D eigenvalue weighted by Gasteiger charge is -2.09. The molecule has 0 bridgehead atoms. The molecule has 0 saturated carbocycles. The molecule has 0 aliphatic carbocycles. The van der Waals surface area contributed by atoms with E-state index in [1.807, 2.05) is 18.4 Å². The third kappa shape index (κ3) is 1.90. The summed E-state index contributed by atoms with van der Waals surface area (Å²) in [5, 5.41) is 7.60. The summed E-state index contributed by atoms with van der Waals surface area (Å²) in [5.41, 5.74) is 0.512. The molecule has 16 heavy (non-hydrogen) atoms. The van der Waals surface area contributed by atoms with Gasteiger partial charge < -0.3 is 4.57 Å². The van der Waals surface area contributed by atoms with Crippen LogP contribution >= 0.6 is 11.6 Å². The molecule has 0 radical (unpaired) electrons. The predicted molar refractivity (Wildman–Crippen MR) is 58.6 cm³/mol. The maximum Gasteiger partial charge on any atom is 0.182 e. The average molecular weight is 241 g/mol. The second-order valence-corrected chi connectivity index (χ2v) is 3.98. The molecular weight excluding hydrogens is 231 g/mol. The summed E-state index contributed by atoms with van der Waals surface area (Å²) in [4.78, 5) is 3.93. The van der Waals surface area contributed by atoms with Crippen molar-refractivity contribution in [3.63, 3.8) is 0 Å². The van der Waals surface area contributed by atoms with Crippen molar-refractivity contribution in [3.8, 4) is 11.5 Å². The maximum absolute atomic E-state index is 13.0. The minimum absolute atomic E-state index is 0.157. The SMILES string of the molecule is CC(C)n1cnnc1-c1ccc(F)c(Cl)n1. The molecule has 4 nitrogen and oxygen atoms in total. The average Bonchev–Trinajstić information content (AvgIpc) is 2.71. The molecule has 0 spiro atoms. The quantitative estimate of drug-likeness (QED) is 0.758. The van der Waals surface area contributed by atoms with E-state index < -0.39 is 5.82 Å². The Morgan fingerprint density at radius 1 is 1.38 bits per heavy atom. The van der Waals surface area contributed by atoms with E-state index in [-0.39, 0.29) is 11.2 Å². The first-order valence-corrected chi connectivity index (χ1v) is 5.19. The third-order valence-corrected chi connectivity index (χ3v) is 2.43. The highest BCUT2D eigenvalue weighted by atomic mass is 35.5. The van der Waals surface area contributed by atoms with E-state index in [1.165, 1.54) is 12.1 Å². The van der Waals surface area contributed by atoms with Gasteiger partial charge >= 0.3 is 0 Å². The number of aromatic nitrogens is 4. The van der Waals surface area contributed by atoms with E-state index in [0.717, 1.165) is 0 Å². The molecule has 0 aliphatic heterocycles. The zero-order valence-corrected chi connectivity index (χ0v) is 9.61. The van der Waals surface area contributed by atoms with Crippen LogP contribution in [0.2, 0.25) is 5.15 Å². The first kappa shape index (κ1) is 11.0. The van der Waals surface area contributed by atoms with Gasteiger partial charge in [-0.15, -0.1) is 10.2 Å². The Hall–Kier alpha value is -1.49. The lowest BCUT2D eigenvalue weighted by molar-refractivity contribution is 0.601. The zero-order chi connectivity index (χ0) is 11.7. The highest BCUT2D eigenvalue weighted by Crippen LogP contribution is 2.21. The van der Waals surface area contributed by atoms with Crippen molar-refractivity contribution < 1.29 is 4.39 Å². The molecular formula is C10H10ClFN4. The topological polar surface area (TPSA) is 43.6 Å². The molecule has 0 aliphatic rings. The van der Waals surface area contributed by atoms with Gasteiger partial charge in [0, 0.05) is 6.04 Å². The highest BCUT2D eigenvalue weighted by Gasteiger charge is 2.12. The van der Waals surface area contributed by atoms with Gasteiger partial charge in [0.1, 0.15) is 12.0 Å². The molecule has 0 saturated heterocycles. The van der Waals surface area contributed by atoms with Crippen LogP contribution in [0.4, 0.5) is 4.39 Å². The number of halogens is 2. The van der Waals surface area contributed by atoms with Crippen LogP contribution in [0.25, 0.3) is 11.5 Å². The fourth-order valence-corrected chi connectivity index (χ4v) is 1.50. The van der Waals surface area contributed by atoms with Crippen LogP contribution in [-0.4, -0.2) is 19.7 Å². The van der Waals surface area contributed by atoms with Crippen LogP contribution in [0.1, 0.15) is 19.9 Å². The summed E-state index contributed by atoms with van der Waals surface area (Å²) in [5.74, 6) is 0.0397. The van der Waals surface area contributed by atoms with E-state index >= 15 is 0 Å². The van der Waals surface area contributed by atoms with Crippen molar-refractivity contribution in [1.29, 1.82) is 0 Å². The van der Waals surface area contributed by atoms with Crippen LogP contribution < -0.4 is 0 Å². The lowest BCUT2D eigenvalue weighted by Crippen LogP contribution is -2.03. The Morgan fingerprint density at radius 2 is 2.12 bits per heavy atom. The van der Waals surface area contributed by atoms with Gasteiger partial charge in [-0.3, -0.25) is 0 Å². The summed E-state index contributed by atoms with van der Waals surface area (Å²) in [7, 11) is 0. The van der Waals surface area contributed by atoms with Crippen molar-refractivity contribution in [2.45, 2.75) is 19.9 Å². The first-order chi connectivity index (χ1) is 7.59. The van der Waals surface area contributed by atoms with Gasteiger partial charge in [-0.1, -0.05) is 11.6 Å². The van der Waals surface area contributed by atoms with Crippen molar-refractivity contribution in [2.75, 3.05) is 0 Å². The predicted octanol–water partition coefficient (Wildman–Crippen LogP) is 2.71. The number of hydrogen-bond acceptors (Lipinski definition) is 3. The molecule has 0 atom stereocenters. The summed E-state index contributed by atoms with van der Waals surface area (Å²) >= 11 is 5.62. The molecule has 0 unspecified atom stereocenters. The molecule has 0 fully saturated rings. The Balaban J connectivity index is 2.50. The van der Waals surface area contributed by atoms with Gasteiger partial charge in [0.25, 0.3) is 0 Å². The normalized spacial score (nSPS) is 11.1. The molecule has 2 rings (SSSR count). The summed E-state index contributed by atoms with van der Waals surface area (Å²) in [6, 6.07) is 3.00. The summed E-state index contributed by atoms with van der Waals surface area (Å²) in [6.07, 6.45) is 1.61. The molecule has 0 N–H and O–H groups in total. The number of nitrogens with zero attached hydrogens (tertiary/aromatic N) is 4. The van der Waals surface area contributed by atoms with Crippen molar-refractivity contribution >= 4 is 11.6 Å². The molecule has 2 aromatic rings. The van der Waals surface area contributed by atoms with Crippen LogP contribution in [0.5, 0.6) is 0 Å². The lowest BCUT2D eigenvalue weighted by atomic mass is 10.3. The van der Waals surface area contributed by atoms with E-state index in [0.29, 0.717) is 11.5 Å². The van der Waals surface area contributed by atoms with Gasteiger partial charge in [0.2, 0.25) is 0 Å².